The summed E-state index contributed by atoms with van der Waals surface area (Å²) in [6.07, 6.45) is -0.0467. The predicted molar refractivity (Wildman–Crippen MR) is 83.1 cm³/mol. The van der Waals surface area contributed by atoms with Gasteiger partial charge in [0.1, 0.15) is 5.78 Å². The average molecular weight is 323 g/mol. The summed E-state index contributed by atoms with van der Waals surface area (Å²) in [5.74, 6) is -0.165. The molecule has 2 aromatic carbocycles. The van der Waals surface area contributed by atoms with Crippen LogP contribution < -0.4 is 0 Å². The molecule has 0 aliphatic rings. The Labute approximate surface area is 129 Å². The van der Waals surface area contributed by atoms with E-state index in [1.807, 2.05) is 6.07 Å². The Hall–Kier alpha value is -1.65. The first-order valence-electron chi connectivity index (χ1n) is 6.45. The molecule has 0 spiro atoms. The van der Waals surface area contributed by atoms with E-state index in [4.69, 9.17) is 11.6 Å². The van der Waals surface area contributed by atoms with Gasteiger partial charge in [0.15, 0.2) is 9.84 Å². The number of benzene rings is 2. The first-order chi connectivity index (χ1) is 9.91. The molecule has 1 atom stereocenters. The summed E-state index contributed by atoms with van der Waals surface area (Å²) in [5, 5.41) is -0.408. The summed E-state index contributed by atoms with van der Waals surface area (Å²) < 4.78 is 25.6. The van der Waals surface area contributed by atoms with Gasteiger partial charge in [-0.05, 0) is 36.8 Å². The molecule has 0 saturated heterocycles. The van der Waals surface area contributed by atoms with Crippen molar-refractivity contribution in [1.82, 2.24) is 0 Å². The molecule has 1 unspecified atom stereocenters. The van der Waals surface area contributed by atoms with Crippen LogP contribution in [0.15, 0.2) is 59.5 Å². The molecule has 0 heterocycles. The van der Waals surface area contributed by atoms with Crippen LogP contribution in [0.3, 0.4) is 0 Å². The van der Waals surface area contributed by atoms with E-state index < -0.39 is 15.1 Å². The molecule has 5 heteroatoms. The quantitative estimate of drug-likeness (QED) is 0.840. The minimum absolute atomic E-state index is 0.0467. The normalized spacial score (nSPS) is 12.9. The fraction of sp³-hybridized carbons (Fsp3) is 0.188. The fourth-order valence-electron chi connectivity index (χ4n) is 2.12. The lowest BCUT2D eigenvalue weighted by atomic mass is 10.1. The number of sulfone groups is 1. The summed E-state index contributed by atoms with van der Waals surface area (Å²) in [6.45, 7) is 1.40. The van der Waals surface area contributed by atoms with Gasteiger partial charge in [-0.25, -0.2) is 8.42 Å². The first-order valence-corrected chi connectivity index (χ1v) is 8.37. The molecule has 0 amide bonds. The van der Waals surface area contributed by atoms with E-state index in [2.05, 4.69) is 0 Å². The first kappa shape index (κ1) is 15.7. The second kappa shape index (κ2) is 6.41. The fourth-order valence-corrected chi connectivity index (χ4v) is 4.06. The van der Waals surface area contributed by atoms with Gasteiger partial charge in [0.25, 0.3) is 0 Å². The average Bonchev–Trinajstić information content (AvgIpc) is 2.46. The largest absolute Gasteiger partial charge is 0.300 e. The highest BCUT2D eigenvalue weighted by Gasteiger charge is 2.30. The zero-order valence-corrected chi connectivity index (χ0v) is 13.1. The van der Waals surface area contributed by atoms with E-state index in [-0.39, 0.29) is 17.1 Å². The Morgan fingerprint density at radius 2 is 1.62 bits per heavy atom. The molecule has 0 aromatic heterocycles. The van der Waals surface area contributed by atoms with Crippen molar-refractivity contribution in [3.05, 3.63) is 65.2 Å². The van der Waals surface area contributed by atoms with Crippen molar-refractivity contribution < 1.29 is 13.2 Å². The molecule has 21 heavy (non-hydrogen) atoms. The molecule has 0 aliphatic heterocycles. The van der Waals surface area contributed by atoms with Crippen LogP contribution >= 0.6 is 11.6 Å². The van der Waals surface area contributed by atoms with Gasteiger partial charge >= 0.3 is 0 Å². The molecule has 2 aromatic rings. The Morgan fingerprint density at radius 1 is 1.05 bits per heavy atom. The van der Waals surface area contributed by atoms with Gasteiger partial charge in [-0.3, -0.25) is 4.79 Å². The summed E-state index contributed by atoms with van der Waals surface area (Å²) in [5.41, 5.74) is 0.614. The molecule has 0 aliphatic carbocycles. The minimum Gasteiger partial charge on any atom is -0.300 e. The molecule has 0 bridgehead atoms. The van der Waals surface area contributed by atoms with Crippen LogP contribution in [0.25, 0.3) is 0 Å². The van der Waals surface area contributed by atoms with E-state index in [1.165, 1.54) is 31.2 Å². The van der Waals surface area contributed by atoms with Crippen LogP contribution in [0.5, 0.6) is 0 Å². The molecule has 0 saturated carbocycles. The van der Waals surface area contributed by atoms with Crippen molar-refractivity contribution in [2.45, 2.75) is 23.5 Å². The van der Waals surface area contributed by atoms with Crippen LogP contribution in [0.2, 0.25) is 5.02 Å². The van der Waals surface area contributed by atoms with E-state index in [9.17, 15) is 13.2 Å². The zero-order chi connectivity index (χ0) is 15.5. The Kier molecular flexibility index (Phi) is 4.80. The number of ketones is 1. The maximum atomic E-state index is 12.8. The molecular weight excluding hydrogens is 308 g/mol. The smallest absolute Gasteiger partial charge is 0.185 e. The van der Waals surface area contributed by atoms with Crippen molar-refractivity contribution in [3.8, 4) is 0 Å². The second-order valence-electron chi connectivity index (χ2n) is 4.80. The maximum Gasteiger partial charge on any atom is 0.185 e. The van der Waals surface area contributed by atoms with E-state index in [0.717, 1.165) is 0 Å². The molecule has 0 radical (unpaired) electrons. The number of halogens is 1. The van der Waals surface area contributed by atoms with Gasteiger partial charge in [0, 0.05) is 11.4 Å². The van der Waals surface area contributed by atoms with Crippen LogP contribution in [0.4, 0.5) is 0 Å². The number of carbonyl (C=O) groups is 1. The van der Waals surface area contributed by atoms with Crippen molar-refractivity contribution in [3.63, 3.8) is 0 Å². The van der Waals surface area contributed by atoms with E-state index in [0.29, 0.717) is 10.6 Å². The zero-order valence-electron chi connectivity index (χ0n) is 11.5. The van der Waals surface area contributed by atoms with Crippen LogP contribution in [-0.4, -0.2) is 14.2 Å². The van der Waals surface area contributed by atoms with Crippen LogP contribution in [0.1, 0.15) is 24.2 Å². The van der Waals surface area contributed by atoms with Gasteiger partial charge in [0.05, 0.1) is 10.1 Å². The molecule has 110 valence electrons. The topological polar surface area (TPSA) is 51.2 Å². The molecule has 0 N–H and O–H groups in total. The number of Topliss-reactive ketones (excluding diaryl/α,β-unsaturated/α-hetero) is 1. The lowest BCUT2D eigenvalue weighted by molar-refractivity contribution is -0.117. The lowest BCUT2D eigenvalue weighted by Crippen LogP contribution is -2.16. The molecule has 2 rings (SSSR count). The van der Waals surface area contributed by atoms with Crippen molar-refractivity contribution in [2.24, 2.45) is 0 Å². The Bertz CT molecular complexity index is 722. The minimum atomic E-state index is -3.65. The Morgan fingerprint density at radius 3 is 2.14 bits per heavy atom. The summed E-state index contributed by atoms with van der Waals surface area (Å²) in [6, 6.07) is 14.8. The van der Waals surface area contributed by atoms with Crippen molar-refractivity contribution >= 4 is 27.2 Å². The number of hydrogen-bond acceptors (Lipinski definition) is 3. The highest BCUT2D eigenvalue weighted by atomic mass is 35.5. The SMILES string of the molecule is CC(=O)CC(c1ccccc1)S(=O)(=O)c1ccc(Cl)cc1. The van der Waals surface area contributed by atoms with Gasteiger partial charge in [-0.1, -0.05) is 41.9 Å². The summed E-state index contributed by atoms with van der Waals surface area (Å²) >= 11 is 5.79. The third kappa shape index (κ3) is 3.71. The van der Waals surface area contributed by atoms with E-state index in [1.54, 1.807) is 24.3 Å². The lowest BCUT2D eigenvalue weighted by Gasteiger charge is -2.17. The summed E-state index contributed by atoms with van der Waals surface area (Å²) in [4.78, 5) is 11.6. The van der Waals surface area contributed by atoms with Crippen molar-refractivity contribution in [2.75, 3.05) is 0 Å². The highest BCUT2D eigenvalue weighted by Crippen LogP contribution is 2.32. The van der Waals surface area contributed by atoms with Gasteiger partial charge < -0.3 is 0 Å². The van der Waals surface area contributed by atoms with Gasteiger partial charge in [-0.2, -0.15) is 0 Å². The highest BCUT2D eigenvalue weighted by molar-refractivity contribution is 7.91. The van der Waals surface area contributed by atoms with E-state index >= 15 is 0 Å². The summed E-state index contributed by atoms with van der Waals surface area (Å²) in [7, 11) is -3.65. The number of hydrogen-bond donors (Lipinski definition) is 0. The van der Waals surface area contributed by atoms with Crippen LogP contribution in [-0.2, 0) is 14.6 Å². The molecule has 0 fully saturated rings. The van der Waals surface area contributed by atoms with Gasteiger partial charge in [0.2, 0.25) is 0 Å². The monoisotopic (exact) mass is 322 g/mol. The Balaban J connectivity index is 2.49. The second-order valence-corrected chi connectivity index (χ2v) is 7.37. The molecule has 3 nitrogen and oxygen atoms in total. The van der Waals surface area contributed by atoms with Crippen LogP contribution in [0, 0.1) is 0 Å². The van der Waals surface area contributed by atoms with Gasteiger partial charge in [-0.15, -0.1) is 0 Å². The third-order valence-electron chi connectivity index (χ3n) is 3.16. The maximum absolute atomic E-state index is 12.8. The number of carbonyl (C=O) groups excluding carboxylic acids is 1. The standard InChI is InChI=1S/C16H15ClO3S/c1-12(18)11-16(13-5-3-2-4-6-13)21(19,20)15-9-7-14(17)8-10-15/h2-10,16H,11H2,1H3. The van der Waals surface area contributed by atoms with Crippen molar-refractivity contribution in [1.29, 1.82) is 0 Å². The predicted octanol–water partition coefficient (Wildman–Crippen LogP) is 3.83. The number of rotatable bonds is 5. The molecular formula is C16H15ClO3S. The third-order valence-corrected chi connectivity index (χ3v) is 5.53.